The molecular formula is C16H16O6S. The summed E-state index contributed by atoms with van der Waals surface area (Å²) < 4.78 is 33.8. The van der Waals surface area contributed by atoms with Crippen molar-refractivity contribution in [3.8, 4) is 0 Å². The Labute approximate surface area is 134 Å². The van der Waals surface area contributed by atoms with Gasteiger partial charge in [-0.3, -0.25) is 13.8 Å². The van der Waals surface area contributed by atoms with Crippen LogP contribution in [0.4, 0.5) is 0 Å². The molecule has 0 bridgehead atoms. The van der Waals surface area contributed by atoms with Crippen LogP contribution >= 0.6 is 0 Å². The molecule has 1 aromatic carbocycles. The van der Waals surface area contributed by atoms with E-state index in [1.165, 1.54) is 12.2 Å². The summed E-state index contributed by atoms with van der Waals surface area (Å²) in [5.41, 5.74) is 1.96. The van der Waals surface area contributed by atoms with Crippen molar-refractivity contribution in [3.05, 3.63) is 46.5 Å². The number of carbonyl (C=O) groups excluding carboxylic acids is 2. The van der Waals surface area contributed by atoms with E-state index < -0.39 is 22.3 Å². The van der Waals surface area contributed by atoms with Gasteiger partial charge in [0.05, 0.1) is 6.26 Å². The fraction of sp³-hybridized carbons (Fsp3) is 0.375. The quantitative estimate of drug-likeness (QED) is 0.776. The van der Waals surface area contributed by atoms with Crippen LogP contribution in [0.25, 0.3) is 0 Å². The number of rotatable bonds is 4. The zero-order chi connectivity index (χ0) is 16.8. The fourth-order valence-electron chi connectivity index (χ4n) is 3.15. The van der Waals surface area contributed by atoms with Gasteiger partial charge < -0.3 is 4.74 Å². The molecule has 0 radical (unpaired) electrons. The van der Waals surface area contributed by atoms with E-state index in [-0.39, 0.29) is 11.6 Å². The molecule has 0 spiro atoms. The maximum atomic E-state index is 12.3. The SMILES string of the molecule is CCOC1c2c(ccc3c2C(=O)C=CC3=O)CC1OS(C)(=O)=O. The molecular weight excluding hydrogens is 320 g/mol. The van der Waals surface area contributed by atoms with E-state index in [0.717, 1.165) is 11.8 Å². The first-order valence-electron chi connectivity index (χ1n) is 7.24. The average Bonchev–Trinajstić information content (AvgIpc) is 2.79. The molecule has 3 rings (SSSR count). The largest absolute Gasteiger partial charge is 0.371 e. The van der Waals surface area contributed by atoms with Crippen molar-refractivity contribution in [2.45, 2.75) is 25.6 Å². The van der Waals surface area contributed by atoms with Crippen molar-refractivity contribution < 1.29 is 26.9 Å². The Hall–Kier alpha value is -1.83. The number of fused-ring (bicyclic) bond motifs is 3. The molecule has 0 saturated heterocycles. The molecule has 2 aliphatic rings. The minimum Gasteiger partial charge on any atom is -0.371 e. The summed E-state index contributed by atoms with van der Waals surface area (Å²) in [6, 6.07) is 3.33. The van der Waals surface area contributed by atoms with Crippen molar-refractivity contribution in [1.82, 2.24) is 0 Å². The molecule has 23 heavy (non-hydrogen) atoms. The second-order valence-electron chi connectivity index (χ2n) is 5.54. The average molecular weight is 336 g/mol. The Balaban J connectivity index is 2.13. The lowest BCUT2D eigenvalue weighted by atomic mass is 9.88. The van der Waals surface area contributed by atoms with Crippen molar-refractivity contribution in [1.29, 1.82) is 0 Å². The Kier molecular flexibility index (Phi) is 3.95. The van der Waals surface area contributed by atoms with Gasteiger partial charge in [-0.1, -0.05) is 12.1 Å². The van der Waals surface area contributed by atoms with Crippen LogP contribution in [0.5, 0.6) is 0 Å². The molecule has 0 aliphatic heterocycles. The fourth-order valence-corrected chi connectivity index (χ4v) is 3.77. The van der Waals surface area contributed by atoms with Gasteiger partial charge in [-0.15, -0.1) is 0 Å². The predicted molar refractivity (Wildman–Crippen MR) is 82.0 cm³/mol. The Morgan fingerprint density at radius 1 is 1.17 bits per heavy atom. The normalized spacial score (nSPS) is 23.0. The number of hydrogen-bond donors (Lipinski definition) is 0. The summed E-state index contributed by atoms with van der Waals surface area (Å²) in [5.74, 6) is -0.522. The van der Waals surface area contributed by atoms with E-state index in [1.807, 2.05) is 0 Å². The Morgan fingerprint density at radius 2 is 1.87 bits per heavy atom. The lowest BCUT2D eigenvalue weighted by Crippen LogP contribution is -2.25. The maximum absolute atomic E-state index is 12.3. The van der Waals surface area contributed by atoms with Gasteiger partial charge in [0, 0.05) is 24.2 Å². The van der Waals surface area contributed by atoms with Crippen LogP contribution in [0.1, 0.15) is 44.9 Å². The number of allylic oxidation sites excluding steroid dienone is 2. The number of hydrogen-bond acceptors (Lipinski definition) is 6. The molecule has 2 atom stereocenters. The second-order valence-corrected chi connectivity index (χ2v) is 7.14. The van der Waals surface area contributed by atoms with Crippen LogP contribution in [0, 0.1) is 0 Å². The van der Waals surface area contributed by atoms with Crippen LogP contribution in [0.2, 0.25) is 0 Å². The molecule has 0 heterocycles. The van der Waals surface area contributed by atoms with Crippen molar-refractivity contribution in [3.63, 3.8) is 0 Å². The van der Waals surface area contributed by atoms with E-state index >= 15 is 0 Å². The van der Waals surface area contributed by atoms with Gasteiger partial charge in [-0.05, 0) is 30.2 Å². The van der Waals surface area contributed by atoms with Crippen LogP contribution in [-0.2, 0) is 25.5 Å². The zero-order valence-electron chi connectivity index (χ0n) is 12.7. The first-order chi connectivity index (χ1) is 10.8. The molecule has 1 aromatic rings. The van der Waals surface area contributed by atoms with Gasteiger partial charge in [-0.25, -0.2) is 0 Å². The first-order valence-corrected chi connectivity index (χ1v) is 9.06. The molecule has 0 N–H and O–H groups in total. The number of benzene rings is 1. The highest BCUT2D eigenvalue weighted by Crippen LogP contribution is 2.41. The third kappa shape index (κ3) is 2.87. The molecule has 122 valence electrons. The lowest BCUT2D eigenvalue weighted by Gasteiger charge is -2.22. The van der Waals surface area contributed by atoms with Gasteiger partial charge in [-0.2, -0.15) is 8.42 Å². The van der Waals surface area contributed by atoms with Crippen molar-refractivity contribution in [2.24, 2.45) is 0 Å². The van der Waals surface area contributed by atoms with Gasteiger partial charge in [0.1, 0.15) is 12.2 Å². The van der Waals surface area contributed by atoms with Crippen molar-refractivity contribution in [2.75, 3.05) is 12.9 Å². The van der Waals surface area contributed by atoms with E-state index in [0.29, 0.717) is 29.7 Å². The molecule has 7 heteroatoms. The summed E-state index contributed by atoms with van der Waals surface area (Å²) in [7, 11) is -3.67. The maximum Gasteiger partial charge on any atom is 0.264 e. The molecule has 6 nitrogen and oxygen atoms in total. The van der Waals surface area contributed by atoms with Gasteiger partial charge in [0.2, 0.25) is 0 Å². The van der Waals surface area contributed by atoms with Crippen LogP contribution < -0.4 is 0 Å². The summed E-state index contributed by atoms with van der Waals surface area (Å²) in [6.45, 7) is 2.10. The Bertz CT molecular complexity index is 821. The first kappa shape index (κ1) is 16.0. The molecule has 0 saturated carbocycles. The molecule has 0 amide bonds. The lowest BCUT2D eigenvalue weighted by molar-refractivity contribution is -0.00891. The van der Waals surface area contributed by atoms with E-state index in [2.05, 4.69) is 0 Å². The molecule has 0 fully saturated rings. The van der Waals surface area contributed by atoms with Crippen LogP contribution in [0.15, 0.2) is 24.3 Å². The highest BCUT2D eigenvalue weighted by Gasteiger charge is 2.40. The topological polar surface area (TPSA) is 86.7 Å². The standard InChI is InChI=1S/C16H16O6S/c1-3-21-16-13(22-23(2,19)20)8-9-4-5-10-11(17)6-7-12(18)15(10)14(9)16/h4-7,13,16H,3,8H2,1-2H3. The van der Waals surface area contributed by atoms with E-state index in [9.17, 15) is 18.0 Å². The minimum absolute atomic E-state index is 0.245. The molecule has 2 aliphatic carbocycles. The van der Waals surface area contributed by atoms with E-state index in [4.69, 9.17) is 8.92 Å². The zero-order valence-corrected chi connectivity index (χ0v) is 13.6. The highest BCUT2D eigenvalue weighted by atomic mass is 32.2. The van der Waals surface area contributed by atoms with Crippen molar-refractivity contribution >= 4 is 21.7 Å². The number of ether oxygens (including phenoxy) is 1. The summed E-state index contributed by atoms with van der Waals surface area (Å²) in [5, 5.41) is 0. The predicted octanol–water partition coefficient (Wildman–Crippen LogP) is 1.60. The summed E-state index contributed by atoms with van der Waals surface area (Å²) in [4.78, 5) is 24.3. The smallest absolute Gasteiger partial charge is 0.264 e. The van der Waals surface area contributed by atoms with Crippen LogP contribution in [-0.4, -0.2) is 39.0 Å². The third-order valence-corrected chi connectivity index (χ3v) is 4.52. The highest BCUT2D eigenvalue weighted by molar-refractivity contribution is 7.86. The molecule has 2 unspecified atom stereocenters. The second kappa shape index (κ2) is 5.67. The van der Waals surface area contributed by atoms with Gasteiger partial charge in [0.25, 0.3) is 10.1 Å². The number of carbonyl (C=O) groups is 2. The van der Waals surface area contributed by atoms with Gasteiger partial charge in [0.15, 0.2) is 11.6 Å². The van der Waals surface area contributed by atoms with E-state index in [1.54, 1.807) is 19.1 Å². The third-order valence-electron chi connectivity index (χ3n) is 3.92. The number of ketones is 2. The Morgan fingerprint density at radius 3 is 2.52 bits per heavy atom. The summed E-state index contributed by atoms with van der Waals surface area (Å²) >= 11 is 0. The monoisotopic (exact) mass is 336 g/mol. The van der Waals surface area contributed by atoms with Crippen LogP contribution in [0.3, 0.4) is 0 Å². The minimum atomic E-state index is -3.67. The van der Waals surface area contributed by atoms with Gasteiger partial charge >= 0.3 is 0 Å². The molecule has 0 aromatic heterocycles. The summed E-state index contributed by atoms with van der Waals surface area (Å²) in [6.07, 6.45) is 2.34.